The van der Waals surface area contributed by atoms with E-state index < -0.39 is 0 Å². The molecule has 1 heteroatoms. The maximum atomic E-state index is 5.73. The van der Waals surface area contributed by atoms with Gasteiger partial charge in [-0.15, -0.1) is 0 Å². The summed E-state index contributed by atoms with van der Waals surface area (Å²) >= 11 is 0. The Kier molecular flexibility index (Phi) is 7.26. The summed E-state index contributed by atoms with van der Waals surface area (Å²) in [5.74, 6) is 2.14. The lowest BCUT2D eigenvalue weighted by molar-refractivity contribution is 0.282. The van der Waals surface area contributed by atoms with Gasteiger partial charge in [0, 0.05) is 5.56 Å². The van der Waals surface area contributed by atoms with Crippen LogP contribution < -0.4 is 4.74 Å². The molecule has 1 aliphatic carbocycles. The number of benzene rings is 2. The predicted molar refractivity (Wildman–Crippen MR) is 136 cm³/mol. The van der Waals surface area contributed by atoms with Crippen molar-refractivity contribution in [1.82, 2.24) is 0 Å². The maximum absolute atomic E-state index is 5.73. The van der Waals surface area contributed by atoms with E-state index in [9.17, 15) is 0 Å². The number of hydrogen-bond acceptors (Lipinski definition) is 1. The van der Waals surface area contributed by atoms with Crippen molar-refractivity contribution in [3.8, 4) is 16.9 Å². The Morgan fingerprint density at radius 2 is 1.65 bits per heavy atom. The van der Waals surface area contributed by atoms with Crippen LogP contribution in [0.2, 0.25) is 0 Å². The van der Waals surface area contributed by atoms with Gasteiger partial charge in [-0.1, -0.05) is 82.3 Å². The zero-order valence-corrected chi connectivity index (χ0v) is 20.2. The Bertz CT molecular complexity index is 977. The van der Waals surface area contributed by atoms with Crippen LogP contribution in [0.4, 0.5) is 0 Å². The molecule has 0 aliphatic heterocycles. The summed E-state index contributed by atoms with van der Waals surface area (Å²) < 4.78 is 5.73. The van der Waals surface area contributed by atoms with E-state index in [1.807, 2.05) is 0 Å². The Morgan fingerprint density at radius 3 is 2.29 bits per heavy atom. The molecule has 0 bridgehead atoms. The van der Waals surface area contributed by atoms with E-state index >= 15 is 0 Å². The van der Waals surface area contributed by atoms with Crippen LogP contribution in [0.5, 0.6) is 5.75 Å². The van der Waals surface area contributed by atoms with Crippen LogP contribution in [0.1, 0.15) is 63.6 Å². The Labute approximate surface area is 189 Å². The molecule has 0 heterocycles. The van der Waals surface area contributed by atoms with Gasteiger partial charge in [-0.2, -0.15) is 0 Å². The molecule has 0 unspecified atom stereocenters. The molecule has 0 fully saturated rings. The van der Waals surface area contributed by atoms with Crippen LogP contribution in [0.3, 0.4) is 0 Å². The molecule has 0 atom stereocenters. The fourth-order valence-corrected chi connectivity index (χ4v) is 5.25. The average Bonchev–Trinajstić information content (AvgIpc) is 2.77. The minimum absolute atomic E-state index is 0.0796. The van der Waals surface area contributed by atoms with Gasteiger partial charge in [0.25, 0.3) is 0 Å². The molecule has 2 aromatic rings. The third kappa shape index (κ3) is 5.21. The second-order valence-corrected chi connectivity index (χ2v) is 9.96. The number of hydrogen-bond donors (Lipinski definition) is 0. The normalized spacial score (nSPS) is 17.6. The van der Waals surface area contributed by atoms with Crippen molar-refractivity contribution in [3.05, 3.63) is 84.0 Å². The van der Waals surface area contributed by atoms with E-state index in [1.54, 1.807) is 7.11 Å². The molecule has 0 saturated carbocycles. The van der Waals surface area contributed by atoms with Gasteiger partial charge in [0.2, 0.25) is 0 Å². The van der Waals surface area contributed by atoms with Gasteiger partial charge in [0.15, 0.2) is 0 Å². The van der Waals surface area contributed by atoms with Crippen LogP contribution in [0, 0.1) is 18.8 Å². The lowest BCUT2D eigenvalue weighted by Crippen LogP contribution is -2.31. The molecule has 0 amide bonds. The van der Waals surface area contributed by atoms with Gasteiger partial charge in [0.05, 0.1) is 7.11 Å². The molecule has 0 N–H and O–H groups in total. The van der Waals surface area contributed by atoms with Crippen molar-refractivity contribution < 1.29 is 4.74 Å². The number of allylic oxidation sites excluding steroid dienone is 5. The van der Waals surface area contributed by atoms with Gasteiger partial charge in [-0.25, -0.2) is 0 Å². The van der Waals surface area contributed by atoms with Gasteiger partial charge in [-0.05, 0) is 83.9 Å². The summed E-state index contributed by atoms with van der Waals surface area (Å²) in [7, 11) is 1.76. The highest BCUT2D eigenvalue weighted by atomic mass is 16.5. The maximum Gasteiger partial charge on any atom is 0.126 e. The highest BCUT2D eigenvalue weighted by molar-refractivity contribution is 5.80. The van der Waals surface area contributed by atoms with Crippen LogP contribution in [-0.2, 0) is 5.41 Å². The second kappa shape index (κ2) is 9.73. The molecule has 0 aromatic heterocycles. The standard InChI is InChI=1S/C30H38O/c1-21(2)19-30(20-22(3)4)16-10-8-9-11-24(6)26-14-13-25(18-28(26)30)27-17-23(5)12-15-29(27)31-7/h8-15,17-18,21-22H,6,16,19-20H2,1-5,7H3/b10-8-,11-9-. The minimum Gasteiger partial charge on any atom is -0.496 e. The fraction of sp³-hybridized carbons (Fsp3) is 0.400. The third-order valence-corrected chi connectivity index (χ3v) is 6.25. The van der Waals surface area contributed by atoms with E-state index in [2.05, 4.69) is 102 Å². The minimum atomic E-state index is 0.0796. The van der Waals surface area contributed by atoms with E-state index in [0.717, 1.165) is 36.1 Å². The van der Waals surface area contributed by atoms with Crippen molar-refractivity contribution >= 4 is 5.57 Å². The fourth-order valence-electron chi connectivity index (χ4n) is 5.25. The second-order valence-electron chi connectivity index (χ2n) is 9.96. The highest BCUT2D eigenvalue weighted by Gasteiger charge is 2.35. The first kappa shape index (κ1) is 23.1. The Hall–Kier alpha value is -2.54. The van der Waals surface area contributed by atoms with Gasteiger partial charge >= 0.3 is 0 Å². The Morgan fingerprint density at radius 1 is 0.935 bits per heavy atom. The molecule has 3 rings (SSSR count). The molecule has 0 radical (unpaired) electrons. The zero-order valence-electron chi connectivity index (χ0n) is 20.2. The van der Waals surface area contributed by atoms with Crippen LogP contribution in [-0.4, -0.2) is 7.11 Å². The first-order valence-electron chi connectivity index (χ1n) is 11.6. The lowest BCUT2D eigenvalue weighted by atomic mass is 9.65. The van der Waals surface area contributed by atoms with Crippen molar-refractivity contribution in [2.24, 2.45) is 11.8 Å². The Balaban J connectivity index is 2.30. The average molecular weight is 415 g/mol. The van der Waals surface area contributed by atoms with Gasteiger partial charge in [0.1, 0.15) is 5.75 Å². The smallest absolute Gasteiger partial charge is 0.126 e. The van der Waals surface area contributed by atoms with E-state index in [0.29, 0.717) is 11.8 Å². The molecule has 31 heavy (non-hydrogen) atoms. The third-order valence-electron chi connectivity index (χ3n) is 6.25. The summed E-state index contributed by atoms with van der Waals surface area (Å²) in [6, 6.07) is 13.4. The first-order valence-corrected chi connectivity index (χ1v) is 11.6. The summed E-state index contributed by atoms with van der Waals surface area (Å²) in [5.41, 5.74) is 7.48. The van der Waals surface area contributed by atoms with Crippen molar-refractivity contribution in [2.45, 2.75) is 59.3 Å². The van der Waals surface area contributed by atoms with Gasteiger partial charge < -0.3 is 4.74 Å². The van der Waals surface area contributed by atoms with E-state index in [4.69, 9.17) is 4.74 Å². The highest BCUT2D eigenvalue weighted by Crippen LogP contribution is 2.46. The predicted octanol–water partition coefficient (Wildman–Crippen LogP) is 8.53. The largest absolute Gasteiger partial charge is 0.496 e. The summed E-state index contributed by atoms with van der Waals surface area (Å²) in [5, 5.41) is 0. The van der Waals surface area contributed by atoms with Crippen molar-refractivity contribution in [2.75, 3.05) is 7.11 Å². The molecule has 0 spiro atoms. The monoisotopic (exact) mass is 414 g/mol. The van der Waals surface area contributed by atoms with Crippen molar-refractivity contribution in [3.63, 3.8) is 0 Å². The first-order chi connectivity index (χ1) is 14.8. The number of methoxy groups -OCH3 is 1. The molecular formula is C30H38O. The van der Waals surface area contributed by atoms with E-state index in [1.165, 1.54) is 22.3 Å². The summed E-state index contributed by atoms with van der Waals surface area (Å²) in [4.78, 5) is 0. The van der Waals surface area contributed by atoms with Crippen molar-refractivity contribution in [1.29, 1.82) is 0 Å². The summed E-state index contributed by atoms with van der Waals surface area (Å²) in [6.45, 7) is 15.9. The zero-order chi connectivity index (χ0) is 22.6. The lowest BCUT2D eigenvalue weighted by Gasteiger charge is -2.39. The van der Waals surface area contributed by atoms with Crippen LogP contribution in [0.15, 0.2) is 67.3 Å². The van der Waals surface area contributed by atoms with Crippen LogP contribution in [0.25, 0.3) is 16.7 Å². The molecule has 164 valence electrons. The number of ether oxygens (including phenoxy) is 1. The molecule has 1 aliphatic rings. The topological polar surface area (TPSA) is 9.23 Å². The number of aryl methyl sites for hydroxylation is 1. The summed E-state index contributed by atoms with van der Waals surface area (Å²) in [6.07, 6.45) is 12.2. The number of fused-ring (bicyclic) bond motifs is 1. The van der Waals surface area contributed by atoms with Crippen LogP contribution >= 0.6 is 0 Å². The molecule has 1 nitrogen and oxygen atoms in total. The SMILES string of the molecule is C=C1/C=C\C=C/CC(CC(C)C)(CC(C)C)c2cc(-c3cc(C)ccc3OC)ccc21. The quantitative estimate of drug-likeness (QED) is 0.460. The van der Waals surface area contributed by atoms with E-state index in [-0.39, 0.29) is 5.41 Å². The molecule has 2 aromatic carbocycles. The van der Waals surface area contributed by atoms with Gasteiger partial charge in [-0.3, -0.25) is 0 Å². The molecular weight excluding hydrogens is 376 g/mol. The number of rotatable bonds is 6. The molecule has 0 saturated heterocycles.